The highest BCUT2D eigenvalue weighted by atomic mass is 16.6. The summed E-state index contributed by atoms with van der Waals surface area (Å²) in [4.78, 5) is 28.8. The molecule has 0 radical (unpaired) electrons. The van der Waals surface area contributed by atoms with E-state index in [-0.39, 0.29) is 6.61 Å². The van der Waals surface area contributed by atoms with Gasteiger partial charge in [0.15, 0.2) is 0 Å². The van der Waals surface area contributed by atoms with Crippen LogP contribution in [0.25, 0.3) is 0 Å². The van der Waals surface area contributed by atoms with Gasteiger partial charge in [-0.1, -0.05) is 60.7 Å². The summed E-state index contributed by atoms with van der Waals surface area (Å²) in [6, 6.07) is 25.7. The number of carbonyl (C=O) groups is 2. The summed E-state index contributed by atoms with van der Waals surface area (Å²) in [7, 11) is 1.72. The molecule has 218 valence electrons. The molecule has 0 bridgehead atoms. The zero-order chi connectivity index (χ0) is 29.2. The maximum Gasteiger partial charge on any atom is 0.422 e. The van der Waals surface area contributed by atoms with E-state index < -0.39 is 17.8 Å². The first-order chi connectivity index (χ1) is 19.7. The second-order valence-corrected chi connectivity index (χ2v) is 11.1. The minimum Gasteiger partial charge on any atom is -0.489 e. The number of benzene rings is 3. The van der Waals surface area contributed by atoms with Crippen LogP contribution >= 0.6 is 0 Å². The molecule has 1 aliphatic heterocycles. The Kier molecular flexibility index (Phi) is 10.1. The molecule has 1 fully saturated rings. The summed E-state index contributed by atoms with van der Waals surface area (Å²) in [6.45, 7) is 9.21. The van der Waals surface area contributed by atoms with Gasteiger partial charge in [-0.25, -0.2) is 14.6 Å². The lowest BCUT2D eigenvalue weighted by molar-refractivity contribution is 0.0320. The molecule has 1 saturated heterocycles. The van der Waals surface area contributed by atoms with Crippen molar-refractivity contribution < 1.29 is 23.8 Å². The second kappa shape index (κ2) is 13.9. The van der Waals surface area contributed by atoms with E-state index in [0.29, 0.717) is 45.1 Å². The SMILES string of the molecule is CN(Cc1cc(N2CCN(NC(=O)OC(C)(C)C)CC2)ccc1OCc1ccccc1)C(=O)OCc1ccccc1. The zero-order valence-corrected chi connectivity index (χ0v) is 24.3. The van der Waals surface area contributed by atoms with Crippen LogP contribution in [0.1, 0.15) is 37.5 Å². The van der Waals surface area contributed by atoms with E-state index in [2.05, 4.69) is 16.4 Å². The van der Waals surface area contributed by atoms with Crippen molar-refractivity contribution in [3.63, 3.8) is 0 Å². The number of nitrogens with zero attached hydrogens (tertiary/aromatic N) is 3. The Labute approximate surface area is 242 Å². The highest BCUT2D eigenvalue weighted by Gasteiger charge is 2.23. The maximum absolute atomic E-state index is 12.8. The third-order valence-electron chi connectivity index (χ3n) is 6.50. The molecule has 0 spiro atoms. The van der Waals surface area contributed by atoms with Crippen LogP contribution in [-0.4, -0.2) is 60.9 Å². The van der Waals surface area contributed by atoms with E-state index in [4.69, 9.17) is 14.2 Å². The second-order valence-electron chi connectivity index (χ2n) is 11.1. The first-order valence-corrected chi connectivity index (χ1v) is 13.9. The average molecular weight is 561 g/mol. The van der Waals surface area contributed by atoms with Gasteiger partial charge in [-0.2, -0.15) is 0 Å². The van der Waals surface area contributed by atoms with Crippen molar-refractivity contribution in [2.75, 3.05) is 38.1 Å². The fraction of sp³-hybridized carbons (Fsp3) is 0.375. The fourth-order valence-corrected chi connectivity index (χ4v) is 4.42. The molecule has 0 aromatic heterocycles. The van der Waals surface area contributed by atoms with Gasteiger partial charge >= 0.3 is 12.2 Å². The molecule has 41 heavy (non-hydrogen) atoms. The normalized spacial score (nSPS) is 13.8. The van der Waals surface area contributed by atoms with Crippen molar-refractivity contribution in [3.05, 3.63) is 95.6 Å². The van der Waals surface area contributed by atoms with Crippen LogP contribution < -0.4 is 15.1 Å². The van der Waals surface area contributed by atoms with Gasteiger partial charge in [0.2, 0.25) is 0 Å². The summed E-state index contributed by atoms with van der Waals surface area (Å²) in [5.74, 6) is 0.713. The number of nitrogens with one attached hydrogen (secondary N) is 1. The van der Waals surface area contributed by atoms with Crippen molar-refractivity contribution >= 4 is 17.9 Å². The summed E-state index contributed by atoms with van der Waals surface area (Å²) >= 11 is 0. The van der Waals surface area contributed by atoms with Crippen LogP contribution in [0.3, 0.4) is 0 Å². The molecule has 1 aliphatic rings. The van der Waals surface area contributed by atoms with Crippen LogP contribution in [0.15, 0.2) is 78.9 Å². The molecule has 0 saturated carbocycles. The van der Waals surface area contributed by atoms with E-state index in [1.807, 2.05) is 98.6 Å². The number of carbonyl (C=O) groups excluding carboxylic acids is 2. The molecule has 3 aromatic rings. The van der Waals surface area contributed by atoms with E-state index in [9.17, 15) is 9.59 Å². The summed E-state index contributed by atoms with van der Waals surface area (Å²) in [5, 5.41) is 1.87. The van der Waals surface area contributed by atoms with Crippen molar-refractivity contribution in [2.24, 2.45) is 0 Å². The molecule has 1 N–H and O–H groups in total. The standard InChI is InChI=1S/C32H40N4O5/c1-32(2,3)41-30(37)33-36-19-17-35(18-20-36)28-15-16-29(39-23-25-11-7-5-8-12-25)27(21-28)22-34(4)31(38)40-24-26-13-9-6-10-14-26/h5-16,21H,17-20,22-24H2,1-4H3,(H,33,37). The molecule has 3 aromatic carbocycles. The van der Waals surface area contributed by atoms with Gasteiger partial charge in [-0.3, -0.25) is 5.43 Å². The molecule has 0 atom stereocenters. The fourth-order valence-electron chi connectivity index (χ4n) is 4.42. The first-order valence-electron chi connectivity index (χ1n) is 13.9. The summed E-state index contributed by atoms with van der Waals surface area (Å²) < 4.78 is 17.1. The lowest BCUT2D eigenvalue weighted by Crippen LogP contribution is -2.54. The molecule has 9 nitrogen and oxygen atoms in total. The van der Waals surface area contributed by atoms with Gasteiger partial charge in [0.25, 0.3) is 0 Å². The monoisotopic (exact) mass is 560 g/mol. The van der Waals surface area contributed by atoms with Gasteiger partial charge in [-0.15, -0.1) is 0 Å². The lowest BCUT2D eigenvalue weighted by atomic mass is 10.1. The van der Waals surface area contributed by atoms with Gasteiger partial charge < -0.3 is 24.0 Å². The molecular weight excluding hydrogens is 520 g/mol. The van der Waals surface area contributed by atoms with Gasteiger partial charge in [-0.05, 0) is 50.1 Å². The van der Waals surface area contributed by atoms with Crippen LogP contribution in [-0.2, 0) is 29.2 Å². The molecule has 2 amide bonds. The number of hydrogen-bond acceptors (Lipinski definition) is 7. The van der Waals surface area contributed by atoms with Gasteiger partial charge in [0.1, 0.15) is 24.6 Å². The number of rotatable bonds is 9. The number of anilines is 1. The highest BCUT2D eigenvalue weighted by Crippen LogP contribution is 2.28. The predicted molar refractivity (Wildman–Crippen MR) is 158 cm³/mol. The third-order valence-corrected chi connectivity index (χ3v) is 6.50. The van der Waals surface area contributed by atoms with Gasteiger partial charge in [0.05, 0.1) is 6.54 Å². The summed E-state index contributed by atoms with van der Waals surface area (Å²) in [6.07, 6.45) is -0.856. The Hall–Kier alpha value is -4.24. The quantitative estimate of drug-likeness (QED) is 0.365. The number of piperazine rings is 1. The van der Waals surface area contributed by atoms with E-state index >= 15 is 0 Å². The third kappa shape index (κ3) is 9.42. The maximum atomic E-state index is 12.8. The van der Waals surface area contributed by atoms with Crippen LogP contribution in [0.4, 0.5) is 15.3 Å². The Bertz CT molecular complexity index is 1270. The summed E-state index contributed by atoms with van der Waals surface area (Å²) in [5.41, 5.74) is 6.18. The highest BCUT2D eigenvalue weighted by molar-refractivity contribution is 5.68. The first kappa shape index (κ1) is 29.7. The van der Waals surface area contributed by atoms with Crippen LogP contribution in [0.2, 0.25) is 0 Å². The number of amides is 2. The zero-order valence-electron chi connectivity index (χ0n) is 24.3. The largest absolute Gasteiger partial charge is 0.489 e. The molecule has 0 unspecified atom stereocenters. The van der Waals surface area contributed by atoms with Crippen molar-refractivity contribution in [1.29, 1.82) is 0 Å². The Morgan fingerprint density at radius 2 is 1.46 bits per heavy atom. The smallest absolute Gasteiger partial charge is 0.422 e. The van der Waals surface area contributed by atoms with Crippen molar-refractivity contribution in [2.45, 2.75) is 46.1 Å². The van der Waals surface area contributed by atoms with E-state index in [0.717, 1.165) is 22.4 Å². The minimum atomic E-state index is -0.548. The average Bonchev–Trinajstić information content (AvgIpc) is 2.95. The Balaban J connectivity index is 1.41. The molecule has 4 rings (SSSR count). The topological polar surface area (TPSA) is 83.6 Å². The number of hydrogen-bond donors (Lipinski definition) is 1. The number of hydrazine groups is 1. The van der Waals surface area contributed by atoms with E-state index in [1.54, 1.807) is 11.9 Å². The number of ether oxygens (including phenoxy) is 3. The van der Waals surface area contributed by atoms with E-state index in [1.165, 1.54) is 0 Å². The minimum absolute atomic E-state index is 0.211. The molecule has 9 heteroatoms. The molecule has 0 aliphatic carbocycles. The van der Waals surface area contributed by atoms with Crippen molar-refractivity contribution in [1.82, 2.24) is 15.3 Å². The molecular formula is C32H40N4O5. The Morgan fingerprint density at radius 1 is 0.854 bits per heavy atom. The van der Waals surface area contributed by atoms with Crippen molar-refractivity contribution in [3.8, 4) is 5.75 Å². The lowest BCUT2D eigenvalue weighted by Gasteiger charge is -2.36. The Morgan fingerprint density at radius 3 is 2.07 bits per heavy atom. The molecule has 1 heterocycles. The van der Waals surface area contributed by atoms with Crippen LogP contribution in [0, 0.1) is 0 Å². The predicted octanol–water partition coefficient (Wildman–Crippen LogP) is 5.60. The van der Waals surface area contributed by atoms with Crippen LogP contribution in [0.5, 0.6) is 5.75 Å². The van der Waals surface area contributed by atoms with Gasteiger partial charge in [0, 0.05) is 44.5 Å².